The summed E-state index contributed by atoms with van der Waals surface area (Å²) < 4.78 is 38.2. The van der Waals surface area contributed by atoms with E-state index >= 15 is 0 Å². The smallest absolute Gasteiger partial charge is 0.268 e. The number of para-hydroxylation sites is 1. The molecule has 0 unspecified atom stereocenters. The van der Waals surface area contributed by atoms with Gasteiger partial charge in [0.05, 0.1) is 19.9 Å². The minimum Gasteiger partial charge on any atom is -0.497 e. The Morgan fingerprint density at radius 1 is 0.957 bits per heavy atom. The second kappa shape index (κ2) is 6.91. The van der Waals surface area contributed by atoms with E-state index in [9.17, 15) is 8.42 Å². The minimum absolute atomic E-state index is 0.0805. The van der Waals surface area contributed by atoms with Gasteiger partial charge in [0.1, 0.15) is 16.4 Å². The normalized spacial score (nSPS) is 11.3. The van der Waals surface area contributed by atoms with Crippen LogP contribution in [0.5, 0.6) is 11.5 Å². The summed E-state index contributed by atoms with van der Waals surface area (Å²) in [6, 6.07) is 13.5. The van der Waals surface area contributed by atoms with Crippen LogP contribution in [-0.4, -0.2) is 28.7 Å². The fraction of sp³-hybridized carbons (Fsp3) is 0.294. The van der Waals surface area contributed by atoms with E-state index in [1.807, 2.05) is 32.0 Å². The highest BCUT2D eigenvalue weighted by atomic mass is 32.2. The molecule has 0 bridgehead atoms. The molecule has 0 aromatic heterocycles. The predicted octanol–water partition coefficient (Wildman–Crippen LogP) is 3.31. The Balaban J connectivity index is 2.63. The van der Waals surface area contributed by atoms with Crippen molar-refractivity contribution in [3.8, 4) is 11.5 Å². The van der Waals surface area contributed by atoms with Crippen molar-refractivity contribution in [3.05, 3.63) is 48.5 Å². The monoisotopic (exact) mass is 335 g/mol. The molecule has 0 saturated carbocycles. The van der Waals surface area contributed by atoms with Crippen LogP contribution >= 0.6 is 0 Å². The third kappa shape index (κ3) is 3.42. The highest BCUT2D eigenvalue weighted by Gasteiger charge is 2.30. The molecule has 0 aliphatic heterocycles. The SMILES string of the molecule is COc1ccc(OC)c(S(=O)(=O)N(c2ccccc2)C(C)C)c1. The molecular formula is C17H21NO4S. The number of methoxy groups -OCH3 is 2. The van der Waals surface area contributed by atoms with Gasteiger partial charge in [-0.1, -0.05) is 18.2 Å². The zero-order valence-electron chi connectivity index (χ0n) is 13.7. The lowest BCUT2D eigenvalue weighted by atomic mass is 10.3. The van der Waals surface area contributed by atoms with Gasteiger partial charge in [0.2, 0.25) is 0 Å². The van der Waals surface area contributed by atoms with E-state index in [2.05, 4.69) is 0 Å². The number of hydrogen-bond donors (Lipinski definition) is 0. The van der Waals surface area contributed by atoms with Crippen molar-refractivity contribution in [3.63, 3.8) is 0 Å². The van der Waals surface area contributed by atoms with E-state index < -0.39 is 10.0 Å². The average Bonchev–Trinajstić information content (AvgIpc) is 2.54. The molecule has 0 saturated heterocycles. The summed E-state index contributed by atoms with van der Waals surface area (Å²) in [5.74, 6) is 0.744. The molecule has 5 nitrogen and oxygen atoms in total. The molecule has 23 heavy (non-hydrogen) atoms. The molecule has 0 N–H and O–H groups in total. The summed E-state index contributed by atoms with van der Waals surface area (Å²) in [5, 5.41) is 0. The molecule has 2 aromatic rings. The number of hydrogen-bond acceptors (Lipinski definition) is 4. The largest absolute Gasteiger partial charge is 0.497 e. The van der Waals surface area contributed by atoms with Crippen molar-refractivity contribution >= 4 is 15.7 Å². The number of benzene rings is 2. The van der Waals surface area contributed by atoms with Crippen LogP contribution in [0.4, 0.5) is 5.69 Å². The Labute approximate surface area is 137 Å². The van der Waals surface area contributed by atoms with Crippen molar-refractivity contribution in [2.24, 2.45) is 0 Å². The van der Waals surface area contributed by atoms with Crippen LogP contribution in [0.1, 0.15) is 13.8 Å². The quantitative estimate of drug-likeness (QED) is 0.813. The maximum Gasteiger partial charge on any atom is 0.268 e. The number of nitrogens with zero attached hydrogens (tertiary/aromatic N) is 1. The molecule has 0 aliphatic rings. The van der Waals surface area contributed by atoms with Crippen molar-refractivity contribution < 1.29 is 17.9 Å². The van der Waals surface area contributed by atoms with E-state index in [4.69, 9.17) is 9.47 Å². The van der Waals surface area contributed by atoms with Gasteiger partial charge in [-0.2, -0.15) is 0 Å². The van der Waals surface area contributed by atoms with Gasteiger partial charge in [-0.15, -0.1) is 0 Å². The molecular weight excluding hydrogens is 314 g/mol. The van der Waals surface area contributed by atoms with Crippen molar-refractivity contribution in [2.75, 3.05) is 18.5 Å². The van der Waals surface area contributed by atoms with Crippen LogP contribution in [0.25, 0.3) is 0 Å². The molecule has 0 spiro atoms. The fourth-order valence-electron chi connectivity index (χ4n) is 2.38. The highest BCUT2D eigenvalue weighted by Crippen LogP contribution is 2.33. The third-order valence-electron chi connectivity index (χ3n) is 3.39. The Bertz CT molecular complexity index is 757. The van der Waals surface area contributed by atoms with Gasteiger partial charge in [0.25, 0.3) is 10.0 Å². The molecule has 124 valence electrons. The van der Waals surface area contributed by atoms with Crippen molar-refractivity contribution in [1.82, 2.24) is 0 Å². The lowest BCUT2D eigenvalue weighted by molar-refractivity contribution is 0.392. The topological polar surface area (TPSA) is 55.8 Å². The summed E-state index contributed by atoms with van der Waals surface area (Å²) in [7, 11) is -0.857. The third-order valence-corrected chi connectivity index (χ3v) is 5.41. The number of ether oxygens (including phenoxy) is 2. The summed E-state index contributed by atoms with van der Waals surface area (Å²) in [5.41, 5.74) is 0.604. The first-order valence-corrected chi connectivity index (χ1v) is 8.67. The molecule has 0 fully saturated rings. The van der Waals surface area contributed by atoms with Gasteiger partial charge >= 0.3 is 0 Å². The molecule has 0 atom stereocenters. The van der Waals surface area contributed by atoms with E-state index in [1.165, 1.54) is 24.6 Å². The Kier molecular flexibility index (Phi) is 5.15. The van der Waals surface area contributed by atoms with Crippen LogP contribution in [0.3, 0.4) is 0 Å². The van der Waals surface area contributed by atoms with Gasteiger partial charge in [-0.05, 0) is 38.1 Å². The van der Waals surface area contributed by atoms with Gasteiger partial charge < -0.3 is 9.47 Å². The summed E-state index contributed by atoms with van der Waals surface area (Å²) in [6.07, 6.45) is 0. The van der Waals surface area contributed by atoms with Gasteiger partial charge in [0, 0.05) is 12.1 Å². The van der Waals surface area contributed by atoms with E-state index in [-0.39, 0.29) is 16.7 Å². The number of rotatable bonds is 6. The van der Waals surface area contributed by atoms with Crippen LogP contribution in [0.15, 0.2) is 53.4 Å². The van der Waals surface area contributed by atoms with Crippen molar-refractivity contribution in [2.45, 2.75) is 24.8 Å². The van der Waals surface area contributed by atoms with Crippen molar-refractivity contribution in [1.29, 1.82) is 0 Å². The summed E-state index contributed by atoms with van der Waals surface area (Å²) in [6.45, 7) is 3.66. The van der Waals surface area contributed by atoms with Gasteiger partial charge in [-0.25, -0.2) is 8.42 Å². The average molecular weight is 335 g/mol. The molecule has 6 heteroatoms. The maximum atomic E-state index is 13.2. The van der Waals surface area contributed by atoms with Gasteiger partial charge in [-0.3, -0.25) is 4.31 Å². The zero-order chi connectivity index (χ0) is 17.0. The maximum absolute atomic E-state index is 13.2. The van der Waals surface area contributed by atoms with Crippen LogP contribution in [-0.2, 0) is 10.0 Å². The molecule has 0 heterocycles. The fourth-order valence-corrected chi connectivity index (χ4v) is 4.22. The van der Waals surface area contributed by atoms with E-state index in [0.717, 1.165) is 0 Å². The van der Waals surface area contributed by atoms with E-state index in [0.29, 0.717) is 11.4 Å². The molecule has 2 rings (SSSR count). The first-order valence-electron chi connectivity index (χ1n) is 7.23. The Hall–Kier alpha value is -2.21. The van der Waals surface area contributed by atoms with Gasteiger partial charge in [0.15, 0.2) is 0 Å². The minimum atomic E-state index is -3.80. The first-order chi connectivity index (χ1) is 10.9. The number of anilines is 1. The van der Waals surface area contributed by atoms with Crippen LogP contribution in [0, 0.1) is 0 Å². The van der Waals surface area contributed by atoms with Crippen LogP contribution in [0.2, 0.25) is 0 Å². The summed E-state index contributed by atoms with van der Waals surface area (Å²) in [4.78, 5) is 0.0805. The predicted molar refractivity (Wildman–Crippen MR) is 90.8 cm³/mol. The first kappa shape index (κ1) is 17.1. The van der Waals surface area contributed by atoms with Crippen LogP contribution < -0.4 is 13.8 Å². The number of sulfonamides is 1. The zero-order valence-corrected chi connectivity index (χ0v) is 14.5. The molecule has 2 aromatic carbocycles. The standard InChI is InChI=1S/C17H21NO4S/c1-13(2)18(14-8-6-5-7-9-14)23(19,20)17-12-15(21-3)10-11-16(17)22-4/h5-13H,1-4H3. The highest BCUT2D eigenvalue weighted by molar-refractivity contribution is 7.93. The lowest BCUT2D eigenvalue weighted by Gasteiger charge is -2.29. The second-order valence-corrected chi connectivity index (χ2v) is 7.03. The Morgan fingerprint density at radius 3 is 2.13 bits per heavy atom. The Morgan fingerprint density at radius 2 is 1.61 bits per heavy atom. The molecule has 0 aliphatic carbocycles. The summed E-state index contributed by atoms with van der Waals surface area (Å²) >= 11 is 0. The lowest BCUT2D eigenvalue weighted by Crippen LogP contribution is -2.37. The second-order valence-electron chi connectivity index (χ2n) is 5.25. The molecule has 0 radical (unpaired) electrons. The molecule has 0 amide bonds. The van der Waals surface area contributed by atoms with E-state index in [1.54, 1.807) is 24.3 Å².